The van der Waals surface area contributed by atoms with Gasteiger partial charge in [0.1, 0.15) is 0 Å². The summed E-state index contributed by atoms with van der Waals surface area (Å²) in [5.41, 5.74) is 2.90. The minimum atomic E-state index is 0.790. The van der Waals surface area contributed by atoms with Crippen molar-refractivity contribution < 1.29 is 0 Å². The predicted molar refractivity (Wildman–Crippen MR) is 74.4 cm³/mol. The summed E-state index contributed by atoms with van der Waals surface area (Å²) in [7, 11) is 0. The van der Waals surface area contributed by atoms with Crippen LogP contribution in [0.3, 0.4) is 0 Å². The fraction of sp³-hybridized carbons (Fsp3) is 0.625. The van der Waals surface area contributed by atoms with E-state index in [0.29, 0.717) is 0 Å². The zero-order chi connectivity index (χ0) is 11.9. The van der Waals surface area contributed by atoms with E-state index in [1.165, 1.54) is 49.7 Å². The van der Waals surface area contributed by atoms with Gasteiger partial charge < -0.3 is 5.32 Å². The van der Waals surface area contributed by atoms with Gasteiger partial charge in [0, 0.05) is 6.04 Å². The van der Waals surface area contributed by atoms with Crippen molar-refractivity contribution in [2.75, 3.05) is 6.54 Å². The Hall–Kier alpha value is -0.820. The van der Waals surface area contributed by atoms with Crippen LogP contribution in [0.2, 0.25) is 0 Å². The molecule has 1 aromatic carbocycles. The van der Waals surface area contributed by atoms with Crippen molar-refractivity contribution in [2.45, 2.75) is 57.9 Å². The largest absolute Gasteiger partial charge is 0.314 e. The van der Waals surface area contributed by atoms with Crippen molar-refractivity contribution in [3.8, 4) is 0 Å². The molecule has 1 nitrogen and oxygen atoms in total. The van der Waals surface area contributed by atoms with Crippen LogP contribution in [0.15, 0.2) is 24.3 Å². The third-order valence-corrected chi connectivity index (χ3v) is 3.88. The Labute approximate surface area is 106 Å². The van der Waals surface area contributed by atoms with Crippen LogP contribution in [-0.4, -0.2) is 12.6 Å². The van der Waals surface area contributed by atoms with Crippen LogP contribution in [0.1, 0.15) is 50.2 Å². The summed E-state index contributed by atoms with van der Waals surface area (Å²) >= 11 is 0. The maximum atomic E-state index is 3.70. The molecule has 0 aromatic heterocycles. The molecule has 17 heavy (non-hydrogen) atoms. The lowest BCUT2D eigenvalue weighted by atomic mass is 9.95. The second kappa shape index (κ2) is 6.80. The maximum absolute atomic E-state index is 3.70. The highest BCUT2D eigenvalue weighted by atomic mass is 14.9. The van der Waals surface area contributed by atoms with Crippen molar-refractivity contribution in [1.82, 2.24) is 5.32 Å². The van der Waals surface area contributed by atoms with Crippen molar-refractivity contribution >= 4 is 0 Å². The normalized spacial score (nSPS) is 17.2. The van der Waals surface area contributed by atoms with Crippen molar-refractivity contribution in [3.05, 3.63) is 35.4 Å². The molecule has 2 rings (SSSR count). The summed E-state index contributed by atoms with van der Waals surface area (Å²) in [5, 5.41) is 3.70. The van der Waals surface area contributed by atoms with Crippen LogP contribution in [0.25, 0.3) is 0 Å². The van der Waals surface area contributed by atoms with E-state index in [0.717, 1.165) is 19.0 Å². The van der Waals surface area contributed by atoms with Gasteiger partial charge in [-0.3, -0.25) is 0 Å². The van der Waals surface area contributed by atoms with Gasteiger partial charge in [-0.05, 0) is 43.4 Å². The highest BCUT2D eigenvalue weighted by Gasteiger charge is 2.11. The van der Waals surface area contributed by atoms with E-state index in [4.69, 9.17) is 0 Å². The summed E-state index contributed by atoms with van der Waals surface area (Å²) in [4.78, 5) is 0. The van der Waals surface area contributed by atoms with Crippen molar-refractivity contribution in [2.24, 2.45) is 0 Å². The van der Waals surface area contributed by atoms with Crippen LogP contribution < -0.4 is 5.32 Å². The highest BCUT2D eigenvalue weighted by molar-refractivity contribution is 5.22. The molecule has 0 radical (unpaired) electrons. The lowest BCUT2D eigenvalue weighted by Gasteiger charge is -2.22. The van der Waals surface area contributed by atoms with E-state index in [2.05, 4.69) is 36.5 Å². The van der Waals surface area contributed by atoms with Gasteiger partial charge in [-0.25, -0.2) is 0 Å². The molecule has 0 spiro atoms. The smallest absolute Gasteiger partial charge is 0.00671 e. The fourth-order valence-electron chi connectivity index (χ4n) is 2.67. The van der Waals surface area contributed by atoms with Crippen LogP contribution in [0.4, 0.5) is 0 Å². The monoisotopic (exact) mass is 231 g/mol. The van der Waals surface area contributed by atoms with Gasteiger partial charge in [-0.2, -0.15) is 0 Å². The average molecular weight is 231 g/mol. The minimum absolute atomic E-state index is 0.790. The lowest BCUT2D eigenvalue weighted by Crippen LogP contribution is -2.32. The first-order valence-electron chi connectivity index (χ1n) is 7.19. The standard InChI is InChI=1S/C16H25N/c1-2-14-8-10-15(11-9-14)12-13-17-16-6-4-3-5-7-16/h8-11,16-17H,2-7,12-13H2,1H3. The second-order valence-electron chi connectivity index (χ2n) is 5.21. The minimum Gasteiger partial charge on any atom is -0.314 e. The van der Waals surface area contributed by atoms with E-state index >= 15 is 0 Å². The Morgan fingerprint density at radius 2 is 1.65 bits per heavy atom. The SMILES string of the molecule is CCc1ccc(CCNC2CCCCC2)cc1. The number of aryl methyl sites for hydroxylation is 1. The quantitative estimate of drug-likeness (QED) is 0.814. The molecule has 0 bridgehead atoms. The van der Waals surface area contributed by atoms with E-state index < -0.39 is 0 Å². The lowest BCUT2D eigenvalue weighted by molar-refractivity contribution is 0.375. The molecular formula is C16H25N. The Balaban J connectivity index is 1.69. The van der Waals surface area contributed by atoms with Gasteiger partial charge >= 0.3 is 0 Å². The van der Waals surface area contributed by atoms with E-state index in [-0.39, 0.29) is 0 Å². The van der Waals surface area contributed by atoms with Crippen molar-refractivity contribution in [1.29, 1.82) is 0 Å². The van der Waals surface area contributed by atoms with Gasteiger partial charge in [-0.1, -0.05) is 50.5 Å². The molecule has 0 aliphatic heterocycles. The fourth-order valence-corrected chi connectivity index (χ4v) is 2.67. The van der Waals surface area contributed by atoms with E-state index in [1.807, 2.05) is 0 Å². The van der Waals surface area contributed by atoms with Gasteiger partial charge in [-0.15, -0.1) is 0 Å². The molecule has 1 aliphatic rings. The third kappa shape index (κ3) is 4.16. The van der Waals surface area contributed by atoms with E-state index in [9.17, 15) is 0 Å². The maximum Gasteiger partial charge on any atom is 0.00671 e. The first kappa shape index (κ1) is 12.6. The third-order valence-electron chi connectivity index (χ3n) is 3.88. The van der Waals surface area contributed by atoms with Crippen LogP contribution in [-0.2, 0) is 12.8 Å². The average Bonchev–Trinajstić information content (AvgIpc) is 2.41. The van der Waals surface area contributed by atoms with Crippen LogP contribution in [0, 0.1) is 0 Å². The Morgan fingerprint density at radius 3 is 2.29 bits per heavy atom. The molecule has 1 fully saturated rings. The summed E-state index contributed by atoms with van der Waals surface area (Å²) in [5.74, 6) is 0. The van der Waals surface area contributed by atoms with Gasteiger partial charge in [0.2, 0.25) is 0 Å². The first-order valence-corrected chi connectivity index (χ1v) is 7.19. The molecule has 1 aliphatic carbocycles. The Bertz CT molecular complexity index is 309. The summed E-state index contributed by atoms with van der Waals surface area (Å²) in [6, 6.07) is 9.87. The number of rotatable bonds is 5. The molecule has 94 valence electrons. The molecular weight excluding hydrogens is 206 g/mol. The summed E-state index contributed by atoms with van der Waals surface area (Å²) in [6.07, 6.45) is 9.35. The predicted octanol–water partition coefficient (Wildman–Crippen LogP) is 3.71. The second-order valence-corrected chi connectivity index (χ2v) is 5.21. The number of nitrogens with one attached hydrogen (secondary N) is 1. The topological polar surface area (TPSA) is 12.0 Å². The first-order chi connectivity index (χ1) is 8.38. The molecule has 1 aromatic rings. The highest BCUT2D eigenvalue weighted by Crippen LogP contribution is 2.17. The zero-order valence-electron chi connectivity index (χ0n) is 11.0. The summed E-state index contributed by atoms with van der Waals surface area (Å²) in [6.45, 7) is 3.34. The molecule has 1 N–H and O–H groups in total. The van der Waals surface area contributed by atoms with Crippen molar-refractivity contribution in [3.63, 3.8) is 0 Å². The van der Waals surface area contributed by atoms with Crippen LogP contribution >= 0.6 is 0 Å². The zero-order valence-corrected chi connectivity index (χ0v) is 11.0. The molecule has 1 heteroatoms. The number of hydrogen-bond acceptors (Lipinski definition) is 1. The van der Waals surface area contributed by atoms with Gasteiger partial charge in [0.15, 0.2) is 0 Å². The molecule has 0 saturated heterocycles. The molecule has 1 saturated carbocycles. The molecule has 0 unspecified atom stereocenters. The van der Waals surface area contributed by atoms with Gasteiger partial charge in [0.05, 0.1) is 0 Å². The molecule has 0 amide bonds. The Morgan fingerprint density at radius 1 is 1.00 bits per heavy atom. The molecule has 0 heterocycles. The number of hydrogen-bond donors (Lipinski definition) is 1. The van der Waals surface area contributed by atoms with Gasteiger partial charge in [0.25, 0.3) is 0 Å². The van der Waals surface area contributed by atoms with Crippen LogP contribution in [0.5, 0.6) is 0 Å². The van der Waals surface area contributed by atoms with E-state index in [1.54, 1.807) is 0 Å². The number of benzene rings is 1. The Kier molecular flexibility index (Phi) is 5.06. The summed E-state index contributed by atoms with van der Waals surface area (Å²) < 4.78 is 0. The molecule has 0 atom stereocenters.